The summed E-state index contributed by atoms with van der Waals surface area (Å²) in [4.78, 5) is 22.4. The van der Waals surface area contributed by atoms with Crippen LogP contribution in [0.5, 0.6) is 5.75 Å². The molecule has 3 aromatic carbocycles. The molecule has 0 radical (unpaired) electrons. The Bertz CT molecular complexity index is 1300. The van der Waals surface area contributed by atoms with Crippen molar-refractivity contribution in [3.05, 3.63) is 113 Å². The molecule has 1 heterocycles. The van der Waals surface area contributed by atoms with E-state index >= 15 is 0 Å². The van der Waals surface area contributed by atoms with Crippen LogP contribution in [0.3, 0.4) is 0 Å². The first kappa shape index (κ1) is 26.7. The van der Waals surface area contributed by atoms with Crippen molar-refractivity contribution in [3.8, 4) is 5.75 Å². The van der Waals surface area contributed by atoms with Crippen LogP contribution >= 0.6 is 0 Å². The second-order valence-electron chi connectivity index (χ2n) is 9.12. The number of anilines is 2. The summed E-state index contributed by atoms with van der Waals surface area (Å²) in [5, 5.41) is 9.76. The van der Waals surface area contributed by atoms with E-state index in [4.69, 9.17) is 4.74 Å². The van der Waals surface area contributed by atoms with E-state index in [0.29, 0.717) is 31.3 Å². The van der Waals surface area contributed by atoms with Crippen LogP contribution in [0.1, 0.15) is 22.4 Å². The molecular formula is C31H35N5O2. The molecule has 7 heteroatoms. The highest BCUT2D eigenvalue weighted by atomic mass is 16.5. The number of nitrogens with one attached hydrogen (secondary N) is 3. The summed E-state index contributed by atoms with van der Waals surface area (Å²) >= 11 is 0. The molecule has 0 saturated heterocycles. The van der Waals surface area contributed by atoms with Gasteiger partial charge < -0.3 is 20.7 Å². The summed E-state index contributed by atoms with van der Waals surface area (Å²) < 4.78 is 5.45. The van der Waals surface area contributed by atoms with Crippen LogP contribution in [0.2, 0.25) is 0 Å². The number of aryl methyl sites for hydroxylation is 1. The standard InChI is InChI=1S/C31H35N5O2/c1-23-21-29(36-31(34-23)33-20-18-26-15-9-10-16-28(26)38-2)35-27(22-25-13-7-4-8-14-25)30(37)32-19-17-24-11-5-3-6-12-24/h3-16,21,27H,17-20,22H2,1-2H3,(H,32,37)(H2,33,34,35,36)/t27-/m0/s1. The smallest absolute Gasteiger partial charge is 0.242 e. The fourth-order valence-corrected chi connectivity index (χ4v) is 4.28. The van der Waals surface area contributed by atoms with Crippen molar-refractivity contribution in [3.63, 3.8) is 0 Å². The summed E-state index contributed by atoms with van der Waals surface area (Å²) in [5.74, 6) is 1.93. The average molecular weight is 510 g/mol. The topological polar surface area (TPSA) is 88.2 Å². The Morgan fingerprint density at radius 2 is 1.53 bits per heavy atom. The Labute approximate surface area is 224 Å². The number of benzene rings is 3. The largest absolute Gasteiger partial charge is 0.496 e. The number of hydrogen-bond donors (Lipinski definition) is 3. The molecule has 1 amide bonds. The fourth-order valence-electron chi connectivity index (χ4n) is 4.28. The number of hydrogen-bond acceptors (Lipinski definition) is 6. The lowest BCUT2D eigenvalue weighted by atomic mass is 10.0. The lowest BCUT2D eigenvalue weighted by Crippen LogP contribution is -2.42. The molecule has 0 fully saturated rings. The third-order valence-electron chi connectivity index (χ3n) is 6.20. The van der Waals surface area contributed by atoms with Gasteiger partial charge in [-0.05, 0) is 42.5 Å². The SMILES string of the molecule is COc1ccccc1CCNc1nc(C)cc(N[C@@H](Cc2ccccc2)C(=O)NCCc2ccccc2)n1. The molecule has 0 unspecified atom stereocenters. The van der Waals surface area contributed by atoms with Crippen molar-refractivity contribution in [1.82, 2.24) is 15.3 Å². The van der Waals surface area contributed by atoms with E-state index in [1.807, 2.05) is 79.7 Å². The normalized spacial score (nSPS) is 11.4. The van der Waals surface area contributed by atoms with E-state index in [0.717, 1.165) is 35.4 Å². The number of methoxy groups -OCH3 is 1. The molecule has 4 aromatic rings. The molecule has 0 aliphatic heterocycles. The van der Waals surface area contributed by atoms with Crippen LogP contribution in [0.4, 0.5) is 11.8 Å². The lowest BCUT2D eigenvalue weighted by Gasteiger charge is -2.20. The van der Waals surface area contributed by atoms with E-state index in [-0.39, 0.29) is 5.91 Å². The highest BCUT2D eigenvalue weighted by Crippen LogP contribution is 2.18. The molecule has 38 heavy (non-hydrogen) atoms. The molecule has 0 aliphatic rings. The Hall–Kier alpha value is -4.39. The van der Waals surface area contributed by atoms with Gasteiger partial charge in [-0.2, -0.15) is 4.98 Å². The maximum absolute atomic E-state index is 13.3. The maximum Gasteiger partial charge on any atom is 0.242 e. The first-order chi connectivity index (χ1) is 18.6. The molecule has 196 valence electrons. The Morgan fingerprint density at radius 1 is 0.842 bits per heavy atom. The van der Waals surface area contributed by atoms with Crippen LogP contribution in [0, 0.1) is 6.92 Å². The van der Waals surface area contributed by atoms with Crippen LogP contribution in [0.25, 0.3) is 0 Å². The summed E-state index contributed by atoms with van der Waals surface area (Å²) in [6.07, 6.45) is 2.08. The van der Waals surface area contributed by atoms with Crippen LogP contribution in [0.15, 0.2) is 91.0 Å². The van der Waals surface area contributed by atoms with Crippen molar-refractivity contribution < 1.29 is 9.53 Å². The molecule has 0 bridgehead atoms. The van der Waals surface area contributed by atoms with E-state index in [9.17, 15) is 4.79 Å². The quantitative estimate of drug-likeness (QED) is 0.239. The summed E-state index contributed by atoms with van der Waals surface area (Å²) in [5.41, 5.74) is 4.19. The van der Waals surface area contributed by atoms with Crippen LogP contribution in [-0.2, 0) is 24.1 Å². The molecule has 3 N–H and O–H groups in total. The summed E-state index contributed by atoms with van der Waals surface area (Å²) in [6, 6.07) is 29.5. The van der Waals surface area contributed by atoms with E-state index in [1.165, 1.54) is 5.56 Å². The highest BCUT2D eigenvalue weighted by Gasteiger charge is 2.20. The Balaban J connectivity index is 1.41. The van der Waals surface area contributed by atoms with Gasteiger partial charge in [-0.25, -0.2) is 4.98 Å². The Kier molecular flexibility index (Phi) is 9.68. The number of carbonyl (C=O) groups is 1. The van der Waals surface area contributed by atoms with Crippen molar-refractivity contribution >= 4 is 17.7 Å². The first-order valence-corrected chi connectivity index (χ1v) is 12.9. The third-order valence-corrected chi connectivity index (χ3v) is 6.20. The van der Waals surface area contributed by atoms with Gasteiger partial charge in [0.2, 0.25) is 11.9 Å². The first-order valence-electron chi connectivity index (χ1n) is 12.9. The average Bonchev–Trinajstić information content (AvgIpc) is 2.94. The van der Waals surface area contributed by atoms with Crippen LogP contribution in [-0.4, -0.2) is 42.1 Å². The molecule has 0 saturated carbocycles. The van der Waals surface area contributed by atoms with Gasteiger partial charge in [0.15, 0.2) is 0 Å². The summed E-state index contributed by atoms with van der Waals surface area (Å²) in [6.45, 7) is 3.13. The van der Waals surface area contributed by atoms with Gasteiger partial charge in [0.05, 0.1) is 7.11 Å². The number of aromatic nitrogens is 2. The molecule has 0 aliphatic carbocycles. The van der Waals surface area contributed by atoms with Crippen molar-refractivity contribution in [2.75, 3.05) is 30.8 Å². The number of carbonyl (C=O) groups excluding carboxylic acids is 1. The van der Waals surface area contributed by atoms with Gasteiger partial charge in [0, 0.05) is 31.3 Å². The monoisotopic (exact) mass is 509 g/mol. The zero-order chi connectivity index (χ0) is 26.6. The molecule has 1 aromatic heterocycles. The fraction of sp³-hybridized carbons (Fsp3) is 0.258. The minimum atomic E-state index is -0.482. The van der Waals surface area contributed by atoms with Gasteiger partial charge >= 0.3 is 0 Å². The molecule has 4 rings (SSSR count). The number of rotatable bonds is 13. The second kappa shape index (κ2) is 13.8. The maximum atomic E-state index is 13.3. The van der Waals surface area contributed by atoms with Gasteiger partial charge in [-0.3, -0.25) is 4.79 Å². The number of ether oxygens (including phenoxy) is 1. The molecule has 0 spiro atoms. The Morgan fingerprint density at radius 3 is 2.26 bits per heavy atom. The highest BCUT2D eigenvalue weighted by molar-refractivity contribution is 5.84. The number of nitrogens with zero attached hydrogens (tertiary/aromatic N) is 2. The van der Waals surface area contributed by atoms with Gasteiger partial charge in [-0.1, -0.05) is 78.9 Å². The second-order valence-corrected chi connectivity index (χ2v) is 9.12. The number of para-hydroxylation sites is 1. The molecule has 1 atom stereocenters. The van der Waals surface area contributed by atoms with Crippen molar-refractivity contribution in [2.24, 2.45) is 0 Å². The van der Waals surface area contributed by atoms with Gasteiger partial charge in [0.25, 0.3) is 0 Å². The third kappa shape index (κ3) is 8.06. The molecule has 7 nitrogen and oxygen atoms in total. The van der Waals surface area contributed by atoms with Crippen molar-refractivity contribution in [1.29, 1.82) is 0 Å². The van der Waals surface area contributed by atoms with E-state index in [2.05, 4.69) is 44.1 Å². The predicted molar refractivity (Wildman–Crippen MR) is 153 cm³/mol. The van der Waals surface area contributed by atoms with E-state index < -0.39 is 6.04 Å². The zero-order valence-corrected chi connectivity index (χ0v) is 22.0. The van der Waals surface area contributed by atoms with Gasteiger partial charge in [0.1, 0.15) is 17.6 Å². The predicted octanol–water partition coefficient (Wildman–Crippen LogP) is 4.83. The zero-order valence-electron chi connectivity index (χ0n) is 22.0. The van der Waals surface area contributed by atoms with E-state index in [1.54, 1.807) is 7.11 Å². The number of amides is 1. The molecular weight excluding hydrogens is 474 g/mol. The minimum Gasteiger partial charge on any atom is -0.496 e. The minimum absolute atomic E-state index is 0.0632. The van der Waals surface area contributed by atoms with Crippen molar-refractivity contribution in [2.45, 2.75) is 32.2 Å². The van der Waals surface area contributed by atoms with Crippen LogP contribution < -0.4 is 20.7 Å². The van der Waals surface area contributed by atoms with Gasteiger partial charge in [-0.15, -0.1) is 0 Å². The lowest BCUT2D eigenvalue weighted by molar-refractivity contribution is -0.121. The summed E-state index contributed by atoms with van der Waals surface area (Å²) in [7, 11) is 1.68.